The molecule has 0 radical (unpaired) electrons. The number of aliphatic hydroxyl groups excluding tert-OH is 1. The molecule has 2 aliphatic rings. The van der Waals surface area contributed by atoms with Crippen molar-refractivity contribution >= 4 is 36.1 Å². The molecule has 1 fully saturated rings. The summed E-state index contributed by atoms with van der Waals surface area (Å²) >= 11 is 5.44. The van der Waals surface area contributed by atoms with Crippen molar-refractivity contribution in [2.45, 2.75) is 69.9 Å². The van der Waals surface area contributed by atoms with Gasteiger partial charge in [0.15, 0.2) is 23.8 Å². The molecule has 39 heavy (non-hydrogen) atoms. The molecule has 16 heteroatoms. The predicted octanol–water partition coefficient (Wildman–Crippen LogP) is 2.91. The van der Waals surface area contributed by atoms with Gasteiger partial charge in [-0.05, 0) is 44.7 Å². The van der Waals surface area contributed by atoms with E-state index in [4.69, 9.17) is 30.3 Å². The van der Waals surface area contributed by atoms with Crippen molar-refractivity contribution in [3.63, 3.8) is 0 Å². The Bertz CT molecular complexity index is 1160. The van der Waals surface area contributed by atoms with Crippen molar-refractivity contribution in [3.05, 3.63) is 42.4 Å². The van der Waals surface area contributed by atoms with Crippen molar-refractivity contribution in [1.82, 2.24) is 9.99 Å². The Morgan fingerprint density at radius 2 is 1.92 bits per heavy atom. The molecule has 1 aromatic carbocycles. The van der Waals surface area contributed by atoms with Gasteiger partial charge in [0.2, 0.25) is 11.7 Å². The van der Waals surface area contributed by atoms with Crippen LogP contribution in [0, 0.1) is 0 Å². The van der Waals surface area contributed by atoms with E-state index in [9.17, 15) is 32.7 Å². The van der Waals surface area contributed by atoms with Gasteiger partial charge in [-0.15, -0.1) is 0 Å². The fourth-order valence-corrected chi connectivity index (χ4v) is 6.09. The minimum Gasteiger partial charge on any atom is -0.462 e. The number of hydrogen-bond donors (Lipinski definition) is 2. The molecule has 1 unspecified atom stereocenters. The smallest absolute Gasteiger partial charge is 0.323 e. The van der Waals surface area contributed by atoms with Crippen LogP contribution in [-0.2, 0) is 40.2 Å². The molecule has 1 aromatic rings. The lowest BCUT2D eigenvalue weighted by Gasteiger charge is -2.34. The highest BCUT2D eigenvalue weighted by Gasteiger charge is 2.63. The summed E-state index contributed by atoms with van der Waals surface area (Å²) in [7, 11) is 0. The molecule has 2 N–H and O–H groups in total. The SMILES string of the molecule is CC(C)OC(=O)[C@H](C)NP(=S)(OC[C@@]1(C(F)F)O[C@@H](N2C=C(F)C(=O)CC2=O)[C@@H](F)[C@@H]1O)Oc1ccccc1. The van der Waals surface area contributed by atoms with Crippen LogP contribution in [-0.4, -0.2) is 76.9 Å². The second kappa shape index (κ2) is 12.4. The van der Waals surface area contributed by atoms with Gasteiger partial charge in [-0.25, -0.2) is 22.6 Å². The van der Waals surface area contributed by atoms with E-state index in [-0.39, 0.29) is 5.75 Å². The van der Waals surface area contributed by atoms with Crippen LogP contribution in [0.15, 0.2) is 42.4 Å². The Balaban J connectivity index is 1.88. The highest BCUT2D eigenvalue weighted by atomic mass is 32.5. The Labute approximate surface area is 226 Å². The van der Waals surface area contributed by atoms with E-state index in [1.165, 1.54) is 19.1 Å². The monoisotopic (exact) mass is 598 g/mol. The van der Waals surface area contributed by atoms with Crippen molar-refractivity contribution in [2.24, 2.45) is 0 Å². The van der Waals surface area contributed by atoms with E-state index < -0.39 is 85.8 Å². The fourth-order valence-electron chi connectivity index (χ4n) is 3.67. The van der Waals surface area contributed by atoms with Gasteiger partial charge in [0.05, 0.1) is 19.1 Å². The third-order valence-electron chi connectivity index (χ3n) is 5.66. The van der Waals surface area contributed by atoms with Crippen LogP contribution >= 0.6 is 6.64 Å². The van der Waals surface area contributed by atoms with Gasteiger partial charge in [-0.2, -0.15) is 0 Å². The minimum absolute atomic E-state index is 0.141. The highest BCUT2D eigenvalue weighted by molar-refractivity contribution is 8.09. The number of nitrogens with zero attached hydrogens (tertiary/aromatic N) is 1. The summed E-state index contributed by atoms with van der Waals surface area (Å²) in [4.78, 5) is 36.3. The van der Waals surface area contributed by atoms with E-state index in [0.717, 1.165) is 0 Å². The Morgan fingerprint density at radius 1 is 1.28 bits per heavy atom. The van der Waals surface area contributed by atoms with E-state index in [0.29, 0.717) is 11.1 Å². The third-order valence-corrected chi connectivity index (χ3v) is 8.14. The first kappa shape index (κ1) is 31.1. The summed E-state index contributed by atoms with van der Waals surface area (Å²) in [6, 6.07) is 6.64. The number of ketones is 1. The number of benzene rings is 1. The Hall–Kier alpha value is -2.42. The number of esters is 1. The van der Waals surface area contributed by atoms with Crippen LogP contribution in [0.4, 0.5) is 17.6 Å². The second-order valence-corrected chi connectivity index (χ2v) is 12.2. The summed E-state index contributed by atoms with van der Waals surface area (Å²) in [5.74, 6) is -4.32. The quantitative estimate of drug-likeness (QED) is 0.170. The first-order valence-corrected chi connectivity index (χ1v) is 14.3. The molecule has 3 rings (SSSR count). The number of halogens is 4. The number of aliphatic hydroxyl groups is 1. The summed E-state index contributed by atoms with van der Waals surface area (Å²) < 4.78 is 79.2. The number of ether oxygens (including phenoxy) is 2. The third kappa shape index (κ3) is 7.02. The molecule has 0 spiro atoms. The van der Waals surface area contributed by atoms with Crippen molar-refractivity contribution in [1.29, 1.82) is 0 Å². The van der Waals surface area contributed by atoms with Crippen LogP contribution in [0.25, 0.3) is 0 Å². The largest absolute Gasteiger partial charge is 0.462 e. The number of carbonyl (C=O) groups is 3. The number of amides is 1. The maximum Gasteiger partial charge on any atom is 0.323 e. The van der Waals surface area contributed by atoms with Gasteiger partial charge in [-0.1, -0.05) is 18.2 Å². The molecular formula is C23H27F4N2O8PS. The number of para-hydroxylation sites is 1. The maximum atomic E-state index is 15.1. The van der Waals surface area contributed by atoms with Gasteiger partial charge in [0, 0.05) is 6.20 Å². The van der Waals surface area contributed by atoms with Crippen molar-refractivity contribution in [3.8, 4) is 5.75 Å². The molecule has 10 nitrogen and oxygen atoms in total. The fraction of sp³-hybridized carbons (Fsp3) is 0.522. The standard InChI is InChI=1S/C23H27F4N2O8PS/c1-12(2)35-21(33)13(3)28-38(39,37-14-7-5-4-6-8-14)34-11-23(22(26)27)19(32)18(25)20(36-23)29-10-15(24)16(30)9-17(29)31/h4-8,10,12-13,18-20,22,32H,9,11H2,1-3H3,(H,28,39)/t13-,18-,19-,20+,23+,38?/m0/s1. The summed E-state index contributed by atoms with van der Waals surface area (Å²) in [6.45, 7) is -0.602. The lowest BCUT2D eigenvalue weighted by Crippen LogP contribution is -2.52. The van der Waals surface area contributed by atoms with Crippen molar-refractivity contribution in [2.75, 3.05) is 6.61 Å². The summed E-state index contributed by atoms with van der Waals surface area (Å²) in [5, 5.41) is 13.1. The zero-order chi connectivity index (χ0) is 29.1. The van der Waals surface area contributed by atoms with Gasteiger partial charge in [0.25, 0.3) is 6.43 Å². The normalized spacial score (nSPS) is 27.9. The molecule has 1 amide bonds. The number of Topliss-reactive ketones (excluding diaryl/α,β-unsaturated/α-hetero) is 1. The second-order valence-electron chi connectivity index (χ2n) is 9.04. The highest BCUT2D eigenvalue weighted by Crippen LogP contribution is 2.49. The Morgan fingerprint density at radius 3 is 2.51 bits per heavy atom. The van der Waals surface area contributed by atoms with E-state index in [1.54, 1.807) is 32.0 Å². The molecule has 6 atom stereocenters. The number of rotatable bonds is 11. The zero-order valence-corrected chi connectivity index (χ0v) is 22.7. The van der Waals surface area contributed by atoms with Gasteiger partial charge < -0.3 is 23.6 Å². The van der Waals surface area contributed by atoms with Crippen LogP contribution < -0.4 is 9.61 Å². The summed E-state index contributed by atoms with van der Waals surface area (Å²) in [6.07, 6.45) is -12.2. The van der Waals surface area contributed by atoms with Gasteiger partial charge in [0.1, 0.15) is 17.9 Å². The molecular weight excluding hydrogens is 571 g/mol. The predicted molar refractivity (Wildman–Crippen MR) is 131 cm³/mol. The lowest BCUT2D eigenvalue weighted by atomic mass is 9.97. The molecule has 0 aromatic heterocycles. The average molecular weight is 599 g/mol. The molecule has 1 saturated heterocycles. The number of allylic oxidation sites excluding steroid dienone is 1. The molecule has 0 aliphatic carbocycles. The number of hydrogen-bond acceptors (Lipinski definition) is 9. The molecule has 0 bridgehead atoms. The van der Waals surface area contributed by atoms with Crippen LogP contribution in [0.1, 0.15) is 27.2 Å². The van der Waals surface area contributed by atoms with E-state index in [1.807, 2.05) is 0 Å². The van der Waals surface area contributed by atoms with E-state index >= 15 is 4.39 Å². The minimum atomic E-state index is -3.92. The number of nitrogens with one attached hydrogen (secondary N) is 1. The topological polar surface area (TPSA) is 124 Å². The first-order chi connectivity index (χ1) is 18.2. The van der Waals surface area contributed by atoms with Crippen LogP contribution in [0.5, 0.6) is 5.75 Å². The summed E-state index contributed by atoms with van der Waals surface area (Å²) in [5.41, 5.74) is -3.09. The number of alkyl halides is 3. The molecule has 2 heterocycles. The van der Waals surface area contributed by atoms with Crippen molar-refractivity contribution < 1.29 is 55.6 Å². The lowest BCUT2D eigenvalue weighted by molar-refractivity contribution is -0.199. The van der Waals surface area contributed by atoms with Gasteiger partial charge in [-0.3, -0.25) is 19.3 Å². The maximum absolute atomic E-state index is 15.1. The molecule has 0 saturated carbocycles. The first-order valence-electron chi connectivity index (χ1n) is 11.7. The van der Waals surface area contributed by atoms with E-state index in [2.05, 4.69) is 5.09 Å². The molecule has 216 valence electrons. The van der Waals surface area contributed by atoms with Crippen LogP contribution in [0.3, 0.4) is 0 Å². The number of carbonyl (C=O) groups excluding carboxylic acids is 3. The van der Waals surface area contributed by atoms with Gasteiger partial charge >= 0.3 is 12.6 Å². The Kier molecular flexibility index (Phi) is 9.89. The molecule has 2 aliphatic heterocycles. The average Bonchev–Trinajstić information content (AvgIpc) is 3.11. The van der Waals surface area contributed by atoms with Crippen LogP contribution in [0.2, 0.25) is 0 Å². The zero-order valence-electron chi connectivity index (χ0n) is 21.0.